The smallest absolute Gasteiger partial charge is 0.157 e. The van der Waals surface area contributed by atoms with Gasteiger partial charge in [-0.1, -0.05) is 6.07 Å². The zero-order valence-electron chi connectivity index (χ0n) is 7.81. The zero-order chi connectivity index (χ0) is 10.7. The summed E-state index contributed by atoms with van der Waals surface area (Å²) in [5.41, 5.74) is 7.22. The van der Waals surface area contributed by atoms with Gasteiger partial charge in [-0.3, -0.25) is 0 Å². The van der Waals surface area contributed by atoms with Gasteiger partial charge in [-0.2, -0.15) is 0 Å². The summed E-state index contributed by atoms with van der Waals surface area (Å²) in [5.74, 6) is 0.631. The number of anilines is 3. The molecule has 0 bridgehead atoms. The monoisotopic (exact) mass is 312 g/mol. The van der Waals surface area contributed by atoms with Crippen molar-refractivity contribution in [1.29, 1.82) is 0 Å². The molecular weight excluding hydrogens is 303 g/mol. The minimum absolute atomic E-state index is 0.538. The number of rotatable bonds is 2. The molecule has 3 N–H and O–H groups in total. The van der Waals surface area contributed by atoms with Gasteiger partial charge in [0, 0.05) is 9.26 Å². The van der Waals surface area contributed by atoms with Crippen molar-refractivity contribution < 1.29 is 0 Å². The molecule has 0 atom stereocenters. The van der Waals surface area contributed by atoms with E-state index in [2.05, 4.69) is 37.9 Å². The third-order valence-corrected chi connectivity index (χ3v) is 2.50. The number of halogens is 1. The predicted molar refractivity (Wildman–Crippen MR) is 68.9 cm³/mol. The van der Waals surface area contributed by atoms with E-state index < -0.39 is 0 Å². The molecule has 1 aromatic carbocycles. The average Bonchev–Trinajstić information content (AvgIpc) is 2.22. The van der Waals surface area contributed by atoms with E-state index in [1.807, 2.05) is 24.3 Å². The van der Waals surface area contributed by atoms with E-state index in [0.29, 0.717) is 11.5 Å². The SMILES string of the molecule is Nc1cncnc1Nc1cccc(I)c1. The van der Waals surface area contributed by atoms with Gasteiger partial charge in [0.15, 0.2) is 5.82 Å². The van der Waals surface area contributed by atoms with Gasteiger partial charge in [-0.25, -0.2) is 9.97 Å². The van der Waals surface area contributed by atoms with Crippen LogP contribution in [0.15, 0.2) is 36.8 Å². The number of hydrogen-bond donors (Lipinski definition) is 2. The van der Waals surface area contributed by atoms with Crippen molar-refractivity contribution in [2.75, 3.05) is 11.1 Å². The van der Waals surface area contributed by atoms with Crippen molar-refractivity contribution >= 4 is 39.8 Å². The molecule has 1 aromatic heterocycles. The summed E-state index contributed by atoms with van der Waals surface area (Å²) in [5, 5.41) is 3.13. The Labute approximate surface area is 101 Å². The first kappa shape index (κ1) is 10.2. The summed E-state index contributed by atoms with van der Waals surface area (Å²) < 4.78 is 1.16. The first-order valence-corrected chi connectivity index (χ1v) is 5.41. The van der Waals surface area contributed by atoms with Crippen LogP contribution in [0.4, 0.5) is 17.2 Å². The van der Waals surface area contributed by atoms with Crippen molar-refractivity contribution in [1.82, 2.24) is 9.97 Å². The molecule has 0 saturated heterocycles. The normalized spacial score (nSPS) is 9.93. The topological polar surface area (TPSA) is 63.8 Å². The van der Waals surface area contributed by atoms with E-state index in [4.69, 9.17) is 5.73 Å². The molecule has 15 heavy (non-hydrogen) atoms. The van der Waals surface area contributed by atoms with Crippen LogP contribution in [-0.2, 0) is 0 Å². The molecule has 0 saturated carbocycles. The first-order chi connectivity index (χ1) is 7.25. The maximum atomic E-state index is 5.72. The highest BCUT2D eigenvalue weighted by Gasteiger charge is 2.00. The van der Waals surface area contributed by atoms with Gasteiger partial charge in [-0.15, -0.1) is 0 Å². The van der Waals surface area contributed by atoms with Crippen LogP contribution >= 0.6 is 22.6 Å². The Bertz CT molecular complexity index is 472. The summed E-state index contributed by atoms with van der Waals surface area (Å²) in [6.45, 7) is 0. The van der Waals surface area contributed by atoms with Gasteiger partial charge in [0.2, 0.25) is 0 Å². The van der Waals surface area contributed by atoms with Crippen LogP contribution in [-0.4, -0.2) is 9.97 Å². The van der Waals surface area contributed by atoms with Gasteiger partial charge in [0.05, 0.1) is 11.9 Å². The van der Waals surface area contributed by atoms with Crippen LogP contribution in [0.1, 0.15) is 0 Å². The fourth-order valence-corrected chi connectivity index (χ4v) is 1.69. The van der Waals surface area contributed by atoms with E-state index >= 15 is 0 Å². The molecule has 0 aliphatic carbocycles. The summed E-state index contributed by atoms with van der Waals surface area (Å²) >= 11 is 2.25. The van der Waals surface area contributed by atoms with Crippen molar-refractivity contribution in [3.63, 3.8) is 0 Å². The molecule has 0 unspecified atom stereocenters. The number of nitrogens with zero attached hydrogens (tertiary/aromatic N) is 2. The number of nitrogen functional groups attached to an aromatic ring is 1. The van der Waals surface area contributed by atoms with E-state index in [9.17, 15) is 0 Å². The number of benzene rings is 1. The summed E-state index contributed by atoms with van der Waals surface area (Å²) in [4.78, 5) is 7.88. The summed E-state index contributed by atoms with van der Waals surface area (Å²) in [6.07, 6.45) is 3.04. The standard InChI is InChI=1S/C10H9IN4/c11-7-2-1-3-8(4-7)15-10-9(12)5-13-6-14-10/h1-6H,12H2,(H,13,14,15). The van der Waals surface area contributed by atoms with Crippen LogP contribution in [0.3, 0.4) is 0 Å². The second-order valence-corrected chi connectivity index (χ2v) is 4.21. The van der Waals surface area contributed by atoms with Crippen molar-refractivity contribution in [2.24, 2.45) is 0 Å². The van der Waals surface area contributed by atoms with Crippen LogP contribution in [0.25, 0.3) is 0 Å². The van der Waals surface area contributed by atoms with Crippen LogP contribution < -0.4 is 11.1 Å². The Hall–Kier alpha value is -1.37. The maximum absolute atomic E-state index is 5.72. The second kappa shape index (κ2) is 4.43. The Morgan fingerprint density at radius 2 is 2.20 bits per heavy atom. The van der Waals surface area contributed by atoms with E-state index in [1.54, 1.807) is 6.20 Å². The molecule has 0 aliphatic rings. The van der Waals surface area contributed by atoms with Crippen molar-refractivity contribution in [3.8, 4) is 0 Å². The Balaban J connectivity index is 2.26. The lowest BCUT2D eigenvalue weighted by molar-refractivity contribution is 1.17. The lowest BCUT2D eigenvalue weighted by Gasteiger charge is -2.07. The molecular formula is C10H9IN4. The molecule has 5 heteroatoms. The Morgan fingerprint density at radius 1 is 1.33 bits per heavy atom. The van der Waals surface area contributed by atoms with Crippen molar-refractivity contribution in [2.45, 2.75) is 0 Å². The highest BCUT2D eigenvalue weighted by molar-refractivity contribution is 14.1. The lowest BCUT2D eigenvalue weighted by atomic mass is 10.3. The van der Waals surface area contributed by atoms with E-state index in [1.165, 1.54) is 6.33 Å². The molecule has 0 spiro atoms. The molecule has 0 amide bonds. The summed E-state index contributed by atoms with van der Waals surface area (Å²) in [6, 6.07) is 7.97. The molecule has 4 nitrogen and oxygen atoms in total. The molecule has 1 heterocycles. The molecule has 2 aromatic rings. The average molecular weight is 312 g/mol. The number of aromatic nitrogens is 2. The second-order valence-electron chi connectivity index (χ2n) is 2.96. The molecule has 76 valence electrons. The molecule has 2 rings (SSSR count). The largest absolute Gasteiger partial charge is 0.394 e. The Morgan fingerprint density at radius 3 is 2.93 bits per heavy atom. The lowest BCUT2D eigenvalue weighted by Crippen LogP contribution is -1.99. The fraction of sp³-hybridized carbons (Fsp3) is 0. The third kappa shape index (κ3) is 2.56. The van der Waals surface area contributed by atoms with Crippen LogP contribution in [0.2, 0.25) is 0 Å². The highest BCUT2D eigenvalue weighted by Crippen LogP contribution is 2.20. The molecule has 0 fully saturated rings. The van der Waals surface area contributed by atoms with Crippen molar-refractivity contribution in [3.05, 3.63) is 40.4 Å². The van der Waals surface area contributed by atoms with Gasteiger partial charge < -0.3 is 11.1 Å². The zero-order valence-corrected chi connectivity index (χ0v) is 9.97. The number of nitrogens with one attached hydrogen (secondary N) is 1. The minimum Gasteiger partial charge on any atom is -0.394 e. The maximum Gasteiger partial charge on any atom is 0.157 e. The van der Waals surface area contributed by atoms with Gasteiger partial charge >= 0.3 is 0 Å². The van der Waals surface area contributed by atoms with E-state index in [0.717, 1.165) is 9.26 Å². The van der Waals surface area contributed by atoms with Gasteiger partial charge in [0.1, 0.15) is 6.33 Å². The van der Waals surface area contributed by atoms with Crippen LogP contribution in [0, 0.1) is 3.57 Å². The Kier molecular flexibility index (Phi) is 3.00. The molecule has 0 radical (unpaired) electrons. The minimum atomic E-state index is 0.538. The molecule has 0 aliphatic heterocycles. The van der Waals surface area contributed by atoms with Crippen LogP contribution in [0.5, 0.6) is 0 Å². The van der Waals surface area contributed by atoms with Gasteiger partial charge in [0.25, 0.3) is 0 Å². The first-order valence-electron chi connectivity index (χ1n) is 4.34. The van der Waals surface area contributed by atoms with Gasteiger partial charge in [-0.05, 0) is 40.8 Å². The highest BCUT2D eigenvalue weighted by atomic mass is 127. The third-order valence-electron chi connectivity index (χ3n) is 1.83. The quantitative estimate of drug-likeness (QED) is 0.836. The number of hydrogen-bond acceptors (Lipinski definition) is 4. The number of nitrogens with two attached hydrogens (primary N) is 1. The summed E-state index contributed by atoms with van der Waals surface area (Å²) in [7, 11) is 0. The fourth-order valence-electron chi connectivity index (χ4n) is 1.15. The predicted octanol–water partition coefficient (Wildman–Crippen LogP) is 2.41. The van der Waals surface area contributed by atoms with E-state index in [-0.39, 0.29) is 0 Å².